The van der Waals surface area contributed by atoms with E-state index in [-0.39, 0.29) is 0 Å². The Hall–Kier alpha value is -0.440. The molecule has 1 heterocycles. The van der Waals surface area contributed by atoms with E-state index >= 15 is 0 Å². The summed E-state index contributed by atoms with van der Waals surface area (Å²) in [5.41, 5.74) is 4.81. The molecule has 0 aromatic heterocycles. The highest BCUT2D eigenvalue weighted by Crippen LogP contribution is 2.16. The molecule has 3 heteroatoms. The van der Waals surface area contributed by atoms with Crippen molar-refractivity contribution in [3.63, 3.8) is 0 Å². The lowest BCUT2D eigenvalue weighted by Crippen LogP contribution is -2.50. The van der Waals surface area contributed by atoms with Crippen molar-refractivity contribution in [3.8, 4) is 0 Å². The molecule has 2 N–H and O–H groups in total. The van der Waals surface area contributed by atoms with Gasteiger partial charge in [0.1, 0.15) is 6.17 Å². The maximum absolute atomic E-state index is 12.7. The number of hydrogen-bond acceptors (Lipinski definition) is 2. The van der Waals surface area contributed by atoms with Crippen LogP contribution in [0.4, 0.5) is 4.39 Å². The first-order chi connectivity index (χ1) is 4.13. The normalized spacial score (nSPS) is 43.2. The molecule has 1 aliphatic rings. The molecule has 0 aromatic rings. The standard InChI is InChI=1S/C6H11FN2/c1-6(8)4-9-3-2-5(6)7/h3,5H,2,4,8H2,1H3/t5-,6?/m0/s1. The molecular weight excluding hydrogens is 119 g/mol. The van der Waals surface area contributed by atoms with Crippen LogP contribution < -0.4 is 5.73 Å². The highest BCUT2D eigenvalue weighted by molar-refractivity contribution is 5.59. The van der Waals surface area contributed by atoms with Crippen molar-refractivity contribution < 1.29 is 4.39 Å². The maximum atomic E-state index is 12.7. The van der Waals surface area contributed by atoms with E-state index < -0.39 is 11.7 Å². The zero-order valence-corrected chi connectivity index (χ0v) is 5.47. The van der Waals surface area contributed by atoms with Crippen LogP contribution in [0.5, 0.6) is 0 Å². The van der Waals surface area contributed by atoms with Gasteiger partial charge in [0.25, 0.3) is 0 Å². The zero-order chi connectivity index (χ0) is 6.91. The van der Waals surface area contributed by atoms with Gasteiger partial charge in [0.2, 0.25) is 0 Å². The summed E-state index contributed by atoms with van der Waals surface area (Å²) >= 11 is 0. The van der Waals surface area contributed by atoms with Crippen LogP contribution in [0.25, 0.3) is 0 Å². The van der Waals surface area contributed by atoms with E-state index in [9.17, 15) is 4.39 Å². The summed E-state index contributed by atoms with van der Waals surface area (Å²) in [6.07, 6.45) is 1.04. The first kappa shape index (κ1) is 6.68. The molecule has 0 spiro atoms. The third kappa shape index (κ3) is 1.27. The summed E-state index contributed by atoms with van der Waals surface area (Å²) < 4.78 is 12.7. The van der Waals surface area contributed by atoms with Crippen molar-refractivity contribution in [2.45, 2.75) is 25.1 Å². The molecule has 0 radical (unpaired) electrons. The Balaban J connectivity index is 2.64. The Kier molecular flexibility index (Phi) is 1.53. The first-order valence-corrected chi connectivity index (χ1v) is 3.04. The highest BCUT2D eigenvalue weighted by Gasteiger charge is 2.31. The van der Waals surface area contributed by atoms with E-state index in [1.54, 1.807) is 13.1 Å². The number of nitrogens with zero attached hydrogens (tertiary/aromatic N) is 1. The SMILES string of the molecule is CC1(N)CN=CC[C@@H]1F. The molecular formula is C6H11FN2. The highest BCUT2D eigenvalue weighted by atomic mass is 19.1. The lowest BCUT2D eigenvalue weighted by molar-refractivity contribution is 0.210. The average Bonchev–Trinajstić information content (AvgIpc) is 1.77. The van der Waals surface area contributed by atoms with Crippen molar-refractivity contribution in [2.75, 3.05) is 6.54 Å². The largest absolute Gasteiger partial charge is 0.321 e. The second-order valence-electron chi connectivity index (χ2n) is 2.73. The molecule has 0 bridgehead atoms. The van der Waals surface area contributed by atoms with Crippen LogP contribution in [-0.4, -0.2) is 24.5 Å². The Morgan fingerprint density at radius 3 is 2.89 bits per heavy atom. The van der Waals surface area contributed by atoms with E-state index in [4.69, 9.17) is 5.73 Å². The molecule has 1 aliphatic heterocycles. The van der Waals surface area contributed by atoms with Crippen LogP contribution >= 0.6 is 0 Å². The number of alkyl halides is 1. The lowest BCUT2D eigenvalue weighted by atomic mass is 9.93. The van der Waals surface area contributed by atoms with Gasteiger partial charge in [-0.2, -0.15) is 0 Å². The third-order valence-electron chi connectivity index (χ3n) is 1.59. The fraction of sp³-hybridized carbons (Fsp3) is 0.833. The van der Waals surface area contributed by atoms with Gasteiger partial charge in [0.15, 0.2) is 0 Å². The number of hydrogen-bond donors (Lipinski definition) is 1. The van der Waals surface area contributed by atoms with Gasteiger partial charge in [-0.15, -0.1) is 0 Å². The van der Waals surface area contributed by atoms with Crippen LogP contribution in [0.3, 0.4) is 0 Å². The lowest BCUT2D eigenvalue weighted by Gasteiger charge is -2.28. The van der Waals surface area contributed by atoms with E-state index in [2.05, 4.69) is 4.99 Å². The summed E-state index contributed by atoms with van der Waals surface area (Å²) in [6, 6.07) is 0. The summed E-state index contributed by atoms with van der Waals surface area (Å²) in [6.45, 7) is 2.10. The van der Waals surface area contributed by atoms with Gasteiger partial charge < -0.3 is 5.73 Å². The van der Waals surface area contributed by atoms with Crippen LogP contribution in [-0.2, 0) is 0 Å². The van der Waals surface area contributed by atoms with Crippen LogP contribution in [0.2, 0.25) is 0 Å². The molecule has 2 atom stereocenters. The molecule has 9 heavy (non-hydrogen) atoms. The van der Waals surface area contributed by atoms with Crippen molar-refractivity contribution in [3.05, 3.63) is 0 Å². The minimum Gasteiger partial charge on any atom is -0.321 e. The molecule has 52 valence electrons. The van der Waals surface area contributed by atoms with Crippen molar-refractivity contribution in [1.29, 1.82) is 0 Å². The smallest absolute Gasteiger partial charge is 0.124 e. The second kappa shape index (κ2) is 2.06. The van der Waals surface area contributed by atoms with Crippen molar-refractivity contribution in [1.82, 2.24) is 0 Å². The van der Waals surface area contributed by atoms with Gasteiger partial charge >= 0.3 is 0 Å². The first-order valence-electron chi connectivity index (χ1n) is 3.04. The van der Waals surface area contributed by atoms with Crippen LogP contribution in [0.15, 0.2) is 4.99 Å². The Morgan fingerprint density at radius 2 is 2.56 bits per heavy atom. The predicted molar refractivity (Wildman–Crippen MR) is 35.5 cm³/mol. The zero-order valence-electron chi connectivity index (χ0n) is 5.47. The number of rotatable bonds is 0. The van der Waals surface area contributed by atoms with Crippen LogP contribution in [0.1, 0.15) is 13.3 Å². The molecule has 0 saturated carbocycles. The average molecular weight is 130 g/mol. The fourth-order valence-corrected chi connectivity index (χ4v) is 0.797. The third-order valence-corrected chi connectivity index (χ3v) is 1.59. The quantitative estimate of drug-likeness (QED) is 0.510. The van der Waals surface area contributed by atoms with Gasteiger partial charge in [-0.05, 0) is 6.92 Å². The molecule has 0 amide bonds. The molecule has 0 aromatic carbocycles. The number of nitrogens with two attached hydrogens (primary N) is 1. The summed E-state index contributed by atoms with van der Waals surface area (Å²) in [5, 5.41) is 0. The van der Waals surface area contributed by atoms with Gasteiger partial charge in [-0.25, -0.2) is 4.39 Å². The molecule has 0 fully saturated rings. The van der Waals surface area contributed by atoms with E-state index in [1.165, 1.54) is 0 Å². The summed E-state index contributed by atoms with van der Waals surface area (Å²) in [4.78, 5) is 3.89. The molecule has 0 saturated heterocycles. The fourth-order valence-electron chi connectivity index (χ4n) is 0.797. The van der Waals surface area contributed by atoms with E-state index in [0.717, 1.165) is 0 Å². The van der Waals surface area contributed by atoms with E-state index in [1.807, 2.05) is 0 Å². The number of aliphatic imine (C=N–C) groups is 1. The molecule has 1 unspecified atom stereocenters. The molecule has 2 nitrogen and oxygen atoms in total. The summed E-state index contributed by atoms with van der Waals surface area (Å²) in [7, 11) is 0. The van der Waals surface area contributed by atoms with Crippen LogP contribution in [0, 0.1) is 0 Å². The van der Waals surface area contributed by atoms with Crippen molar-refractivity contribution in [2.24, 2.45) is 10.7 Å². The topological polar surface area (TPSA) is 38.4 Å². The summed E-state index contributed by atoms with van der Waals surface area (Å²) in [5.74, 6) is 0. The minimum atomic E-state index is -0.921. The Bertz CT molecular complexity index is 131. The molecule has 1 rings (SSSR count). The maximum Gasteiger partial charge on any atom is 0.124 e. The van der Waals surface area contributed by atoms with Gasteiger partial charge in [-0.3, -0.25) is 4.99 Å². The van der Waals surface area contributed by atoms with Gasteiger partial charge in [0.05, 0.1) is 12.1 Å². The predicted octanol–water partition coefficient (Wildman–Crippen LogP) is 0.516. The van der Waals surface area contributed by atoms with Gasteiger partial charge in [-0.1, -0.05) is 0 Å². The van der Waals surface area contributed by atoms with Gasteiger partial charge in [0, 0.05) is 12.6 Å². The monoisotopic (exact) mass is 130 g/mol. The number of halogens is 1. The van der Waals surface area contributed by atoms with E-state index in [0.29, 0.717) is 13.0 Å². The molecule has 0 aliphatic carbocycles. The Labute approximate surface area is 54.0 Å². The minimum absolute atomic E-state index is 0.368. The van der Waals surface area contributed by atoms with Crippen molar-refractivity contribution >= 4 is 6.21 Å². The Morgan fingerprint density at radius 1 is 1.89 bits per heavy atom. The second-order valence-corrected chi connectivity index (χ2v) is 2.73.